The molecule has 110 valence electrons. The molecular weight excluding hydrogens is 240 g/mol. The van der Waals surface area contributed by atoms with Crippen molar-refractivity contribution in [2.24, 2.45) is 5.92 Å². The van der Waals surface area contributed by atoms with Crippen LogP contribution in [0.4, 0.5) is 0 Å². The van der Waals surface area contributed by atoms with Crippen LogP contribution < -0.4 is 5.32 Å². The maximum Gasteiger partial charge on any atom is 0.241 e. The van der Waals surface area contributed by atoms with Gasteiger partial charge >= 0.3 is 0 Å². The van der Waals surface area contributed by atoms with Crippen molar-refractivity contribution in [3.8, 4) is 0 Å². The van der Waals surface area contributed by atoms with Gasteiger partial charge < -0.3 is 9.64 Å². The van der Waals surface area contributed by atoms with Crippen molar-refractivity contribution in [1.29, 1.82) is 0 Å². The number of rotatable bonds is 7. The largest absolute Gasteiger partial charge is 0.381 e. The van der Waals surface area contributed by atoms with Crippen LogP contribution in [0.25, 0.3) is 0 Å². The summed E-state index contributed by atoms with van der Waals surface area (Å²) in [6.45, 7) is 7.00. The number of hydrogen-bond donors (Lipinski definition) is 1. The first kappa shape index (κ1) is 14.8. The average Bonchev–Trinajstić information content (AvgIpc) is 2.99. The van der Waals surface area contributed by atoms with Crippen LogP contribution in [0.1, 0.15) is 52.4 Å². The number of hydrogen-bond acceptors (Lipinski definition) is 3. The third-order valence-electron chi connectivity index (χ3n) is 4.29. The van der Waals surface area contributed by atoms with Gasteiger partial charge in [0.2, 0.25) is 5.91 Å². The van der Waals surface area contributed by atoms with Gasteiger partial charge in [0.25, 0.3) is 0 Å². The normalized spacial score (nSPS) is 31.4. The fraction of sp³-hybridized carbons (Fsp3) is 0.933. The molecule has 3 atom stereocenters. The summed E-state index contributed by atoms with van der Waals surface area (Å²) in [7, 11) is 0. The quantitative estimate of drug-likeness (QED) is 0.769. The van der Waals surface area contributed by atoms with Gasteiger partial charge in [0.05, 0.1) is 12.2 Å². The molecule has 2 aliphatic heterocycles. The van der Waals surface area contributed by atoms with Crippen molar-refractivity contribution in [1.82, 2.24) is 10.2 Å². The highest BCUT2D eigenvalue weighted by Gasteiger charge is 2.37. The number of carbonyl (C=O) groups is 1. The molecule has 0 aromatic rings. The molecule has 0 spiro atoms. The van der Waals surface area contributed by atoms with Crippen molar-refractivity contribution in [3.63, 3.8) is 0 Å². The fourth-order valence-electron chi connectivity index (χ4n) is 3.15. The van der Waals surface area contributed by atoms with Crippen LogP contribution in [0.15, 0.2) is 0 Å². The molecule has 2 saturated heterocycles. The molecule has 2 heterocycles. The van der Waals surface area contributed by atoms with Gasteiger partial charge in [0.1, 0.15) is 0 Å². The Morgan fingerprint density at radius 2 is 2.05 bits per heavy atom. The first-order valence-corrected chi connectivity index (χ1v) is 7.90. The van der Waals surface area contributed by atoms with E-state index in [1.165, 1.54) is 0 Å². The smallest absolute Gasteiger partial charge is 0.241 e. The van der Waals surface area contributed by atoms with E-state index in [-0.39, 0.29) is 12.2 Å². The van der Waals surface area contributed by atoms with Crippen LogP contribution >= 0.6 is 0 Å². The van der Waals surface area contributed by atoms with E-state index in [0.717, 1.165) is 58.3 Å². The fourth-order valence-corrected chi connectivity index (χ4v) is 3.15. The summed E-state index contributed by atoms with van der Waals surface area (Å²) < 4.78 is 5.41. The van der Waals surface area contributed by atoms with Crippen LogP contribution in [0.2, 0.25) is 0 Å². The minimum absolute atomic E-state index is 0.0568. The van der Waals surface area contributed by atoms with Gasteiger partial charge in [0, 0.05) is 19.8 Å². The lowest BCUT2D eigenvalue weighted by Gasteiger charge is -2.25. The van der Waals surface area contributed by atoms with E-state index < -0.39 is 0 Å². The van der Waals surface area contributed by atoms with Crippen molar-refractivity contribution < 1.29 is 9.53 Å². The number of nitrogens with one attached hydrogen (secondary N) is 1. The van der Waals surface area contributed by atoms with E-state index in [0.29, 0.717) is 11.8 Å². The minimum Gasteiger partial charge on any atom is -0.381 e. The molecule has 2 rings (SSSR count). The monoisotopic (exact) mass is 268 g/mol. The predicted octanol–water partition coefficient (Wildman–Crippen LogP) is 2.14. The average molecular weight is 268 g/mol. The first-order chi connectivity index (χ1) is 9.26. The summed E-state index contributed by atoms with van der Waals surface area (Å²) >= 11 is 0. The van der Waals surface area contributed by atoms with Crippen molar-refractivity contribution in [3.05, 3.63) is 0 Å². The van der Waals surface area contributed by atoms with E-state index in [2.05, 4.69) is 24.1 Å². The molecule has 4 nitrogen and oxygen atoms in total. The minimum atomic E-state index is 0.0568. The zero-order valence-corrected chi connectivity index (χ0v) is 12.4. The highest BCUT2D eigenvalue weighted by Crippen LogP contribution is 2.22. The van der Waals surface area contributed by atoms with Gasteiger partial charge in [-0.2, -0.15) is 0 Å². The summed E-state index contributed by atoms with van der Waals surface area (Å²) in [5.41, 5.74) is 0. The van der Waals surface area contributed by atoms with Gasteiger partial charge in [-0.3, -0.25) is 10.1 Å². The number of carbonyl (C=O) groups excluding carboxylic acids is 1. The molecule has 0 radical (unpaired) electrons. The Morgan fingerprint density at radius 3 is 2.68 bits per heavy atom. The Kier molecular flexibility index (Phi) is 5.64. The Morgan fingerprint density at radius 1 is 1.26 bits per heavy atom. The zero-order chi connectivity index (χ0) is 13.7. The standard InChI is InChI=1S/C15H28N2O2/c1-3-5-13-15(18)17(14(16-13)6-4-2)9-7-12-8-10-19-11-12/h12-14,16H,3-11H2,1-2H3. The van der Waals surface area contributed by atoms with Crippen LogP contribution in [0.5, 0.6) is 0 Å². The molecule has 0 aromatic carbocycles. The van der Waals surface area contributed by atoms with Gasteiger partial charge in [-0.05, 0) is 31.6 Å². The van der Waals surface area contributed by atoms with Crippen LogP contribution in [0.3, 0.4) is 0 Å². The number of amides is 1. The number of ether oxygens (including phenoxy) is 1. The number of nitrogens with zero attached hydrogens (tertiary/aromatic N) is 1. The van der Waals surface area contributed by atoms with E-state index in [1.54, 1.807) is 0 Å². The SMILES string of the molecule is CCCC1NC(CCC)N(CCC2CCOC2)C1=O. The maximum absolute atomic E-state index is 12.4. The second kappa shape index (κ2) is 7.25. The Hall–Kier alpha value is -0.610. The third kappa shape index (κ3) is 3.69. The Balaban J connectivity index is 1.88. The summed E-state index contributed by atoms with van der Waals surface area (Å²) in [5, 5.41) is 3.51. The lowest BCUT2D eigenvalue weighted by molar-refractivity contribution is -0.130. The summed E-state index contributed by atoms with van der Waals surface area (Å²) in [5.74, 6) is 0.972. The van der Waals surface area contributed by atoms with Gasteiger partial charge in [-0.25, -0.2) is 0 Å². The molecule has 2 aliphatic rings. The molecule has 3 unspecified atom stereocenters. The van der Waals surface area contributed by atoms with Crippen LogP contribution in [0, 0.1) is 5.92 Å². The molecule has 2 fully saturated rings. The molecule has 19 heavy (non-hydrogen) atoms. The molecule has 0 aromatic heterocycles. The highest BCUT2D eigenvalue weighted by molar-refractivity contribution is 5.84. The molecule has 4 heteroatoms. The van der Waals surface area contributed by atoms with E-state index in [1.807, 2.05) is 0 Å². The van der Waals surface area contributed by atoms with Crippen molar-refractivity contribution in [2.45, 2.75) is 64.6 Å². The zero-order valence-electron chi connectivity index (χ0n) is 12.4. The van der Waals surface area contributed by atoms with Crippen molar-refractivity contribution >= 4 is 5.91 Å². The molecule has 0 aliphatic carbocycles. The van der Waals surface area contributed by atoms with Crippen LogP contribution in [-0.4, -0.2) is 42.8 Å². The maximum atomic E-state index is 12.4. The van der Waals surface area contributed by atoms with E-state index in [9.17, 15) is 4.79 Å². The lowest BCUT2D eigenvalue weighted by atomic mass is 10.0. The second-order valence-electron chi connectivity index (χ2n) is 5.86. The van der Waals surface area contributed by atoms with E-state index >= 15 is 0 Å². The lowest BCUT2D eigenvalue weighted by Crippen LogP contribution is -2.38. The Bertz CT molecular complexity index is 290. The third-order valence-corrected chi connectivity index (χ3v) is 4.29. The summed E-state index contributed by atoms with van der Waals surface area (Å²) in [4.78, 5) is 14.5. The predicted molar refractivity (Wildman–Crippen MR) is 75.8 cm³/mol. The van der Waals surface area contributed by atoms with Crippen molar-refractivity contribution in [2.75, 3.05) is 19.8 Å². The summed E-state index contributed by atoms with van der Waals surface area (Å²) in [6, 6.07) is 0.0568. The first-order valence-electron chi connectivity index (χ1n) is 7.90. The van der Waals surface area contributed by atoms with Gasteiger partial charge in [0.15, 0.2) is 0 Å². The molecule has 0 saturated carbocycles. The highest BCUT2D eigenvalue weighted by atomic mass is 16.5. The Labute approximate surface area is 116 Å². The van der Waals surface area contributed by atoms with Crippen LogP contribution in [-0.2, 0) is 9.53 Å². The molecular formula is C15H28N2O2. The van der Waals surface area contributed by atoms with Gasteiger partial charge in [-0.15, -0.1) is 0 Å². The molecule has 1 amide bonds. The molecule has 0 bridgehead atoms. The second-order valence-corrected chi connectivity index (χ2v) is 5.86. The topological polar surface area (TPSA) is 41.6 Å². The molecule has 1 N–H and O–H groups in total. The summed E-state index contributed by atoms with van der Waals surface area (Å²) in [6.07, 6.45) is 6.71. The van der Waals surface area contributed by atoms with E-state index in [4.69, 9.17) is 4.74 Å². The van der Waals surface area contributed by atoms with Gasteiger partial charge in [-0.1, -0.05) is 26.7 Å².